The average molecular weight is 356 g/mol. The first-order valence-corrected chi connectivity index (χ1v) is 8.77. The molecule has 0 amide bonds. The van der Waals surface area contributed by atoms with Gasteiger partial charge in [0.25, 0.3) is 0 Å². The molecule has 0 aliphatic rings. The van der Waals surface area contributed by atoms with Crippen molar-refractivity contribution < 1.29 is 9.15 Å². The van der Waals surface area contributed by atoms with E-state index in [4.69, 9.17) is 9.15 Å². The molecule has 0 aliphatic heterocycles. The molecule has 0 unspecified atom stereocenters. The summed E-state index contributed by atoms with van der Waals surface area (Å²) < 4.78 is 12.7. The van der Waals surface area contributed by atoms with Crippen molar-refractivity contribution in [1.82, 2.24) is 25.2 Å². The van der Waals surface area contributed by atoms with E-state index in [1.165, 1.54) is 0 Å². The minimum atomic E-state index is 0.454. The van der Waals surface area contributed by atoms with E-state index in [-0.39, 0.29) is 0 Å². The van der Waals surface area contributed by atoms with Crippen LogP contribution in [0.2, 0.25) is 0 Å². The molecule has 0 saturated heterocycles. The van der Waals surface area contributed by atoms with Crippen molar-refractivity contribution in [1.29, 1.82) is 0 Å². The van der Waals surface area contributed by atoms with Crippen molar-refractivity contribution >= 4 is 11.6 Å². The molecule has 0 fully saturated rings. The Hall–Kier alpha value is -2.87. The van der Waals surface area contributed by atoms with Crippen LogP contribution >= 0.6 is 0 Å². The third-order valence-electron chi connectivity index (χ3n) is 3.69. The quantitative estimate of drug-likeness (QED) is 0.346. The zero-order valence-electron chi connectivity index (χ0n) is 14.9. The number of nitrogens with one attached hydrogen (secondary N) is 2. The van der Waals surface area contributed by atoms with Gasteiger partial charge in [0.05, 0.1) is 6.26 Å². The summed E-state index contributed by atoms with van der Waals surface area (Å²) in [5.74, 6) is 2.40. The van der Waals surface area contributed by atoms with Gasteiger partial charge in [-0.25, -0.2) is 4.99 Å². The van der Waals surface area contributed by atoms with Crippen LogP contribution in [0, 0.1) is 0 Å². The van der Waals surface area contributed by atoms with Gasteiger partial charge in [-0.05, 0) is 37.6 Å². The maximum atomic E-state index is 5.57. The van der Waals surface area contributed by atoms with Gasteiger partial charge in [-0.1, -0.05) is 6.07 Å². The maximum absolute atomic E-state index is 5.57. The van der Waals surface area contributed by atoms with Gasteiger partial charge in [0.2, 0.25) is 0 Å². The number of pyridine rings is 1. The largest absolute Gasteiger partial charge is 0.467 e. The van der Waals surface area contributed by atoms with Gasteiger partial charge in [0.1, 0.15) is 18.9 Å². The fourth-order valence-corrected chi connectivity index (χ4v) is 2.44. The fraction of sp³-hybridized carbons (Fsp3) is 0.389. The number of guanidine groups is 1. The van der Waals surface area contributed by atoms with E-state index in [0.717, 1.165) is 42.7 Å². The van der Waals surface area contributed by atoms with E-state index < -0.39 is 0 Å². The van der Waals surface area contributed by atoms with Crippen LogP contribution in [0.15, 0.2) is 52.2 Å². The van der Waals surface area contributed by atoms with Crippen molar-refractivity contribution in [2.24, 2.45) is 4.99 Å². The highest BCUT2D eigenvalue weighted by Crippen LogP contribution is 2.04. The lowest BCUT2D eigenvalue weighted by Gasteiger charge is -2.11. The molecule has 3 rings (SSSR count). The SMILES string of the molecule is CCNC(=NCc1nnc2ccccn12)NCCCOCc1ccco1. The van der Waals surface area contributed by atoms with Crippen LogP contribution in [0.3, 0.4) is 0 Å². The zero-order chi connectivity index (χ0) is 18.0. The fourth-order valence-electron chi connectivity index (χ4n) is 2.44. The summed E-state index contributed by atoms with van der Waals surface area (Å²) in [6.07, 6.45) is 4.47. The molecule has 8 heteroatoms. The molecule has 0 atom stereocenters. The minimum absolute atomic E-state index is 0.454. The Morgan fingerprint density at radius 1 is 1.23 bits per heavy atom. The summed E-state index contributed by atoms with van der Waals surface area (Å²) in [6, 6.07) is 9.58. The van der Waals surface area contributed by atoms with Crippen LogP contribution in [-0.4, -0.2) is 40.3 Å². The van der Waals surface area contributed by atoms with Crippen molar-refractivity contribution in [2.45, 2.75) is 26.5 Å². The van der Waals surface area contributed by atoms with E-state index in [0.29, 0.717) is 19.8 Å². The van der Waals surface area contributed by atoms with E-state index in [9.17, 15) is 0 Å². The predicted molar refractivity (Wildman–Crippen MR) is 98.8 cm³/mol. The molecule has 0 radical (unpaired) electrons. The molecule has 0 saturated carbocycles. The third-order valence-corrected chi connectivity index (χ3v) is 3.69. The summed E-state index contributed by atoms with van der Waals surface area (Å²) in [5, 5.41) is 14.9. The standard InChI is InChI=1S/C18H24N6O2/c1-2-19-18(20-9-6-11-25-14-15-7-5-12-26-15)21-13-17-23-22-16-8-3-4-10-24(16)17/h3-5,7-8,10,12H,2,6,9,11,13-14H2,1H3,(H2,19,20,21). The van der Waals surface area contributed by atoms with Gasteiger partial charge in [-0.15, -0.1) is 10.2 Å². The topological polar surface area (TPSA) is 89.0 Å². The Labute approximate surface area is 152 Å². The lowest BCUT2D eigenvalue weighted by molar-refractivity contribution is 0.105. The van der Waals surface area contributed by atoms with Crippen LogP contribution in [0.1, 0.15) is 24.9 Å². The number of aliphatic imine (C=N–C) groups is 1. The van der Waals surface area contributed by atoms with Crippen LogP contribution in [0.4, 0.5) is 0 Å². The van der Waals surface area contributed by atoms with Crippen molar-refractivity contribution in [3.05, 3.63) is 54.4 Å². The Kier molecular flexibility index (Phi) is 6.60. The first-order valence-electron chi connectivity index (χ1n) is 8.77. The number of rotatable bonds is 9. The van der Waals surface area contributed by atoms with E-state index in [2.05, 4.69) is 25.8 Å². The second kappa shape index (κ2) is 9.57. The summed E-state index contributed by atoms with van der Waals surface area (Å²) in [7, 11) is 0. The van der Waals surface area contributed by atoms with E-state index in [1.807, 2.05) is 47.9 Å². The molecular formula is C18H24N6O2. The monoisotopic (exact) mass is 356 g/mol. The lowest BCUT2D eigenvalue weighted by Crippen LogP contribution is -2.38. The molecule has 0 spiro atoms. The second-order valence-corrected chi connectivity index (χ2v) is 5.65. The number of nitrogens with zero attached hydrogens (tertiary/aromatic N) is 4. The molecule has 8 nitrogen and oxygen atoms in total. The first kappa shape index (κ1) is 17.9. The van der Waals surface area contributed by atoms with Gasteiger partial charge >= 0.3 is 0 Å². The van der Waals surface area contributed by atoms with Crippen molar-refractivity contribution in [3.8, 4) is 0 Å². The maximum Gasteiger partial charge on any atom is 0.191 e. The minimum Gasteiger partial charge on any atom is -0.467 e. The summed E-state index contributed by atoms with van der Waals surface area (Å²) >= 11 is 0. The second-order valence-electron chi connectivity index (χ2n) is 5.65. The normalized spacial score (nSPS) is 11.8. The van der Waals surface area contributed by atoms with Gasteiger partial charge in [0.15, 0.2) is 17.4 Å². The average Bonchev–Trinajstić information content (AvgIpc) is 3.32. The molecule has 3 aromatic heterocycles. The number of aromatic nitrogens is 3. The number of hydrogen-bond acceptors (Lipinski definition) is 5. The van der Waals surface area contributed by atoms with Gasteiger partial charge in [0, 0.05) is 25.9 Å². The number of ether oxygens (including phenoxy) is 1. The lowest BCUT2D eigenvalue weighted by atomic mass is 10.4. The van der Waals surface area contributed by atoms with Crippen LogP contribution < -0.4 is 10.6 Å². The van der Waals surface area contributed by atoms with Gasteiger partial charge in [-0.3, -0.25) is 4.40 Å². The van der Waals surface area contributed by atoms with Gasteiger partial charge < -0.3 is 19.8 Å². The molecule has 3 heterocycles. The number of furan rings is 1. The number of fused-ring (bicyclic) bond motifs is 1. The van der Waals surface area contributed by atoms with E-state index in [1.54, 1.807) is 6.26 Å². The Bertz CT molecular complexity index is 812. The summed E-state index contributed by atoms with van der Waals surface area (Å²) in [5.41, 5.74) is 0.823. The van der Waals surface area contributed by atoms with Gasteiger partial charge in [-0.2, -0.15) is 0 Å². The van der Waals surface area contributed by atoms with Crippen molar-refractivity contribution in [3.63, 3.8) is 0 Å². The van der Waals surface area contributed by atoms with Crippen LogP contribution in [0.25, 0.3) is 5.65 Å². The predicted octanol–water partition coefficient (Wildman–Crippen LogP) is 1.98. The molecule has 26 heavy (non-hydrogen) atoms. The third kappa shape index (κ3) is 5.06. The van der Waals surface area contributed by atoms with Crippen LogP contribution in [0.5, 0.6) is 0 Å². The Balaban J connectivity index is 1.43. The number of hydrogen-bond donors (Lipinski definition) is 2. The highest BCUT2D eigenvalue weighted by molar-refractivity contribution is 5.79. The molecule has 0 aromatic carbocycles. The van der Waals surface area contributed by atoms with Crippen LogP contribution in [-0.2, 0) is 17.9 Å². The van der Waals surface area contributed by atoms with E-state index >= 15 is 0 Å². The molecule has 0 bridgehead atoms. The summed E-state index contributed by atoms with van der Waals surface area (Å²) in [4.78, 5) is 4.58. The first-order chi connectivity index (χ1) is 12.9. The highest BCUT2D eigenvalue weighted by Gasteiger charge is 2.04. The summed E-state index contributed by atoms with van der Waals surface area (Å²) in [6.45, 7) is 5.21. The Morgan fingerprint density at radius 3 is 3.04 bits per heavy atom. The van der Waals surface area contributed by atoms with Crippen molar-refractivity contribution in [2.75, 3.05) is 19.7 Å². The Morgan fingerprint density at radius 2 is 2.19 bits per heavy atom. The molecule has 2 N–H and O–H groups in total. The molecule has 0 aliphatic carbocycles. The highest BCUT2D eigenvalue weighted by atomic mass is 16.5. The zero-order valence-corrected chi connectivity index (χ0v) is 14.9. The smallest absolute Gasteiger partial charge is 0.191 e. The molecular weight excluding hydrogens is 332 g/mol. The molecule has 138 valence electrons. The molecule has 3 aromatic rings.